The molecule has 110 valence electrons. The van der Waals surface area contributed by atoms with Gasteiger partial charge in [0, 0.05) is 25.3 Å². The highest BCUT2D eigenvalue weighted by Crippen LogP contribution is 2.17. The fraction of sp³-hybridized carbons (Fsp3) is 0.562. The lowest BCUT2D eigenvalue weighted by Gasteiger charge is -2.21. The summed E-state index contributed by atoms with van der Waals surface area (Å²) in [5.74, 6) is 0.00440. The number of hydrogen-bond acceptors (Lipinski definition) is 3. The van der Waals surface area contributed by atoms with E-state index >= 15 is 0 Å². The van der Waals surface area contributed by atoms with Crippen LogP contribution in [0.15, 0.2) is 18.2 Å². The SMILES string of the molecule is CNc1ccc(C)cc1C(=O)NC(C)CN1CCCC1. The van der Waals surface area contributed by atoms with E-state index in [-0.39, 0.29) is 11.9 Å². The molecular formula is C16H25N3O. The van der Waals surface area contributed by atoms with Crippen LogP contribution in [0, 0.1) is 6.92 Å². The van der Waals surface area contributed by atoms with E-state index in [2.05, 4.69) is 22.5 Å². The Hall–Kier alpha value is -1.55. The molecule has 1 saturated heterocycles. The molecule has 1 amide bonds. The fourth-order valence-electron chi connectivity index (χ4n) is 2.76. The van der Waals surface area contributed by atoms with Crippen molar-refractivity contribution in [2.75, 3.05) is 32.0 Å². The Morgan fingerprint density at radius 3 is 2.70 bits per heavy atom. The van der Waals surface area contributed by atoms with E-state index in [1.165, 1.54) is 12.8 Å². The average Bonchev–Trinajstić information content (AvgIpc) is 2.91. The van der Waals surface area contributed by atoms with Crippen LogP contribution in [0.2, 0.25) is 0 Å². The molecule has 1 heterocycles. The quantitative estimate of drug-likeness (QED) is 0.866. The van der Waals surface area contributed by atoms with Crippen molar-refractivity contribution in [3.63, 3.8) is 0 Å². The first-order valence-corrected chi connectivity index (χ1v) is 7.42. The lowest BCUT2D eigenvalue weighted by Crippen LogP contribution is -2.41. The number of hydrogen-bond donors (Lipinski definition) is 2. The molecule has 1 aliphatic rings. The zero-order chi connectivity index (χ0) is 14.5. The first-order valence-electron chi connectivity index (χ1n) is 7.42. The minimum Gasteiger partial charge on any atom is -0.387 e. The Morgan fingerprint density at radius 2 is 2.05 bits per heavy atom. The maximum atomic E-state index is 12.4. The van der Waals surface area contributed by atoms with Crippen LogP contribution < -0.4 is 10.6 Å². The number of nitrogens with one attached hydrogen (secondary N) is 2. The molecule has 1 fully saturated rings. The maximum Gasteiger partial charge on any atom is 0.253 e. The average molecular weight is 275 g/mol. The molecule has 0 spiro atoms. The van der Waals surface area contributed by atoms with Crippen molar-refractivity contribution in [3.8, 4) is 0 Å². The highest BCUT2D eigenvalue weighted by atomic mass is 16.1. The van der Waals surface area contributed by atoms with Crippen LogP contribution in [0.5, 0.6) is 0 Å². The molecule has 1 atom stereocenters. The summed E-state index contributed by atoms with van der Waals surface area (Å²) in [5, 5.41) is 6.18. The molecule has 0 bridgehead atoms. The summed E-state index contributed by atoms with van der Waals surface area (Å²) in [6.45, 7) is 7.33. The van der Waals surface area contributed by atoms with E-state index in [4.69, 9.17) is 0 Å². The molecule has 4 heteroatoms. The van der Waals surface area contributed by atoms with Crippen molar-refractivity contribution >= 4 is 11.6 Å². The van der Waals surface area contributed by atoms with E-state index in [0.29, 0.717) is 0 Å². The molecule has 1 aromatic carbocycles. The highest BCUT2D eigenvalue weighted by molar-refractivity contribution is 5.99. The molecule has 2 N–H and O–H groups in total. The molecule has 2 rings (SSSR count). The Labute approximate surface area is 121 Å². The standard InChI is InChI=1S/C16H25N3O/c1-12-6-7-15(17-3)14(10-12)16(20)18-13(2)11-19-8-4-5-9-19/h6-7,10,13,17H,4-5,8-9,11H2,1-3H3,(H,18,20). The Morgan fingerprint density at radius 1 is 1.35 bits per heavy atom. The van der Waals surface area contributed by atoms with E-state index in [0.717, 1.165) is 36.4 Å². The van der Waals surface area contributed by atoms with Crippen LogP contribution in [0.4, 0.5) is 5.69 Å². The second-order valence-electron chi connectivity index (χ2n) is 5.68. The number of carbonyl (C=O) groups is 1. The number of anilines is 1. The summed E-state index contributed by atoms with van der Waals surface area (Å²) in [5.41, 5.74) is 2.70. The second kappa shape index (κ2) is 6.75. The lowest BCUT2D eigenvalue weighted by molar-refractivity contribution is 0.0932. The summed E-state index contributed by atoms with van der Waals surface area (Å²) in [6.07, 6.45) is 2.56. The van der Waals surface area contributed by atoms with Crippen LogP contribution in [0.25, 0.3) is 0 Å². The van der Waals surface area contributed by atoms with Gasteiger partial charge in [-0.25, -0.2) is 0 Å². The summed E-state index contributed by atoms with van der Waals surface area (Å²) in [7, 11) is 1.84. The largest absolute Gasteiger partial charge is 0.387 e. The molecular weight excluding hydrogens is 250 g/mol. The molecule has 0 saturated carbocycles. The van der Waals surface area contributed by atoms with Gasteiger partial charge in [0.25, 0.3) is 5.91 Å². The number of likely N-dealkylation sites (tertiary alicyclic amines) is 1. The van der Waals surface area contributed by atoms with Gasteiger partial charge in [-0.05, 0) is 51.9 Å². The van der Waals surface area contributed by atoms with Gasteiger partial charge in [-0.15, -0.1) is 0 Å². The summed E-state index contributed by atoms with van der Waals surface area (Å²) in [6, 6.07) is 6.07. The number of rotatable bonds is 5. The summed E-state index contributed by atoms with van der Waals surface area (Å²) < 4.78 is 0. The fourth-order valence-corrected chi connectivity index (χ4v) is 2.76. The number of carbonyl (C=O) groups excluding carboxylic acids is 1. The van der Waals surface area contributed by atoms with Crippen LogP contribution in [-0.2, 0) is 0 Å². The minimum atomic E-state index is 0.00440. The topological polar surface area (TPSA) is 44.4 Å². The molecule has 4 nitrogen and oxygen atoms in total. The van der Waals surface area contributed by atoms with Crippen LogP contribution in [-0.4, -0.2) is 43.5 Å². The van der Waals surface area contributed by atoms with Gasteiger partial charge in [0.2, 0.25) is 0 Å². The van der Waals surface area contributed by atoms with E-state index < -0.39 is 0 Å². The van der Waals surface area contributed by atoms with Gasteiger partial charge in [-0.3, -0.25) is 4.79 Å². The summed E-state index contributed by atoms with van der Waals surface area (Å²) >= 11 is 0. The third kappa shape index (κ3) is 3.73. The van der Waals surface area contributed by atoms with Crippen LogP contribution >= 0.6 is 0 Å². The molecule has 20 heavy (non-hydrogen) atoms. The number of amides is 1. The first-order chi connectivity index (χ1) is 9.60. The van der Waals surface area contributed by atoms with Gasteiger partial charge in [0.05, 0.1) is 5.56 Å². The number of benzene rings is 1. The Kier molecular flexibility index (Phi) is 5.01. The minimum absolute atomic E-state index is 0.00440. The van der Waals surface area contributed by atoms with Crippen molar-refractivity contribution in [1.29, 1.82) is 0 Å². The zero-order valence-electron chi connectivity index (χ0n) is 12.7. The van der Waals surface area contributed by atoms with E-state index in [1.807, 2.05) is 32.2 Å². The molecule has 1 aliphatic heterocycles. The molecule has 0 aromatic heterocycles. The third-order valence-electron chi connectivity index (χ3n) is 3.80. The van der Waals surface area contributed by atoms with Gasteiger partial charge >= 0.3 is 0 Å². The Bertz CT molecular complexity index is 467. The van der Waals surface area contributed by atoms with E-state index in [9.17, 15) is 4.79 Å². The number of aryl methyl sites for hydroxylation is 1. The maximum absolute atomic E-state index is 12.4. The molecule has 0 aliphatic carbocycles. The van der Waals surface area contributed by atoms with Gasteiger partial charge in [-0.1, -0.05) is 11.6 Å². The van der Waals surface area contributed by atoms with Crippen LogP contribution in [0.1, 0.15) is 35.7 Å². The predicted octanol–water partition coefficient (Wildman–Crippen LogP) is 2.25. The smallest absolute Gasteiger partial charge is 0.253 e. The van der Waals surface area contributed by atoms with Crippen LogP contribution in [0.3, 0.4) is 0 Å². The third-order valence-corrected chi connectivity index (χ3v) is 3.80. The molecule has 1 unspecified atom stereocenters. The van der Waals surface area contributed by atoms with Gasteiger partial charge in [0.15, 0.2) is 0 Å². The monoisotopic (exact) mass is 275 g/mol. The van der Waals surface area contributed by atoms with E-state index in [1.54, 1.807) is 0 Å². The lowest BCUT2D eigenvalue weighted by atomic mass is 10.1. The van der Waals surface area contributed by atoms with Gasteiger partial charge < -0.3 is 15.5 Å². The van der Waals surface area contributed by atoms with Crippen molar-refractivity contribution in [2.45, 2.75) is 32.7 Å². The van der Waals surface area contributed by atoms with Crippen molar-refractivity contribution in [2.24, 2.45) is 0 Å². The molecule has 1 aromatic rings. The second-order valence-corrected chi connectivity index (χ2v) is 5.68. The van der Waals surface area contributed by atoms with Crippen molar-refractivity contribution < 1.29 is 4.79 Å². The van der Waals surface area contributed by atoms with Gasteiger partial charge in [0.1, 0.15) is 0 Å². The highest BCUT2D eigenvalue weighted by Gasteiger charge is 2.18. The normalized spacial score (nSPS) is 16.9. The predicted molar refractivity (Wildman–Crippen MR) is 83.3 cm³/mol. The molecule has 0 radical (unpaired) electrons. The van der Waals surface area contributed by atoms with Crippen molar-refractivity contribution in [3.05, 3.63) is 29.3 Å². The van der Waals surface area contributed by atoms with Crippen molar-refractivity contribution in [1.82, 2.24) is 10.2 Å². The first kappa shape index (κ1) is 14.9. The zero-order valence-corrected chi connectivity index (χ0v) is 12.7. The number of nitrogens with zero attached hydrogens (tertiary/aromatic N) is 1. The summed E-state index contributed by atoms with van der Waals surface area (Å²) in [4.78, 5) is 14.8. The van der Waals surface area contributed by atoms with Gasteiger partial charge in [-0.2, -0.15) is 0 Å². The Balaban J connectivity index is 1.98.